The summed E-state index contributed by atoms with van der Waals surface area (Å²) in [6.07, 6.45) is 1.70. The van der Waals surface area contributed by atoms with E-state index in [2.05, 4.69) is 24.4 Å². The van der Waals surface area contributed by atoms with Crippen LogP contribution in [0.5, 0.6) is 0 Å². The van der Waals surface area contributed by atoms with Gasteiger partial charge in [0.05, 0.1) is 34.7 Å². The number of nitrogens with zero attached hydrogens (tertiary/aromatic N) is 1. The second-order valence-electron chi connectivity index (χ2n) is 2.27. The lowest BCUT2D eigenvalue weighted by atomic mass is 10.1. The summed E-state index contributed by atoms with van der Waals surface area (Å²) in [5.41, 5.74) is 2.26. The minimum absolute atomic E-state index is 0.525. The van der Waals surface area contributed by atoms with Crippen LogP contribution >= 0.6 is 38.8 Å². The highest BCUT2D eigenvalue weighted by Gasteiger charge is 2.04. The summed E-state index contributed by atoms with van der Waals surface area (Å²) in [5.74, 6) is 0. The minimum Gasteiger partial charge on any atom is -0.327 e. The summed E-state index contributed by atoms with van der Waals surface area (Å²) >= 11 is 5.28. The zero-order valence-corrected chi connectivity index (χ0v) is 10.1. The number of aromatic nitrogens is 1. The van der Waals surface area contributed by atoms with Crippen molar-refractivity contribution in [2.45, 2.75) is 6.92 Å². The Bertz CT molecular complexity index is 314. The third-order valence-electron chi connectivity index (χ3n) is 1.38. The van der Waals surface area contributed by atoms with Crippen LogP contribution in [0.4, 0.5) is 5.69 Å². The molecule has 0 unspecified atom stereocenters. The number of nitrogens with one attached hydrogen (secondary N) is 2. The first kappa shape index (κ1) is 9.91. The number of pyridine rings is 1. The van der Waals surface area contributed by atoms with Crippen molar-refractivity contribution in [1.29, 1.82) is 5.41 Å². The molecule has 0 aromatic carbocycles. The molecule has 1 aromatic rings. The SMILES string of the molecule is CC(=N)c1cc(Br)ncc1NI. The lowest BCUT2D eigenvalue weighted by molar-refractivity contribution is 1.27. The van der Waals surface area contributed by atoms with E-state index in [0.717, 1.165) is 15.9 Å². The van der Waals surface area contributed by atoms with Crippen LogP contribution < -0.4 is 3.53 Å². The van der Waals surface area contributed by atoms with Crippen LogP contribution in [0, 0.1) is 5.41 Å². The molecule has 1 aromatic heterocycles. The Labute approximate surface area is 93.1 Å². The van der Waals surface area contributed by atoms with E-state index in [9.17, 15) is 0 Å². The van der Waals surface area contributed by atoms with Gasteiger partial charge in [0.25, 0.3) is 0 Å². The molecule has 3 nitrogen and oxygen atoms in total. The van der Waals surface area contributed by atoms with Crippen LogP contribution in [0.1, 0.15) is 12.5 Å². The van der Waals surface area contributed by atoms with Crippen molar-refractivity contribution in [3.05, 3.63) is 22.4 Å². The van der Waals surface area contributed by atoms with Gasteiger partial charge >= 0.3 is 0 Å². The fourth-order valence-corrected chi connectivity index (χ4v) is 1.58. The Morgan fingerprint density at radius 2 is 2.42 bits per heavy atom. The number of rotatable bonds is 2. The molecule has 64 valence electrons. The zero-order chi connectivity index (χ0) is 9.14. The molecule has 0 aliphatic carbocycles. The highest BCUT2D eigenvalue weighted by molar-refractivity contribution is 14.1. The van der Waals surface area contributed by atoms with Gasteiger partial charge in [-0.15, -0.1) is 0 Å². The largest absolute Gasteiger partial charge is 0.327 e. The van der Waals surface area contributed by atoms with Gasteiger partial charge in [0.15, 0.2) is 0 Å². The third kappa shape index (κ3) is 2.16. The molecule has 0 aliphatic rings. The van der Waals surface area contributed by atoms with Gasteiger partial charge in [-0.1, -0.05) is 0 Å². The van der Waals surface area contributed by atoms with Crippen molar-refractivity contribution in [1.82, 2.24) is 4.98 Å². The van der Waals surface area contributed by atoms with Crippen LogP contribution in [-0.2, 0) is 0 Å². The molecular weight excluding hydrogens is 333 g/mol. The Hall–Kier alpha value is -0.170. The van der Waals surface area contributed by atoms with Gasteiger partial charge in [-0.25, -0.2) is 4.98 Å². The summed E-state index contributed by atoms with van der Waals surface area (Å²) < 4.78 is 3.70. The Morgan fingerprint density at radius 1 is 1.75 bits per heavy atom. The Morgan fingerprint density at radius 3 is 2.92 bits per heavy atom. The molecule has 0 atom stereocenters. The molecule has 1 heterocycles. The van der Waals surface area contributed by atoms with Crippen molar-refractivity contribution in [3.63, 3.8) is 0 Å². The summed E-state index contributed by atoms with van der Waals surface area (Å²) in [6.45, 7) is 1.75. The van der Waals surface area contributed by atoms with E-state index < -0.39 is 0 Å². The highest BCUT2D eigenvalue weighted by atomic mass is 127. The summed E-state index contributed by atoms with van der Waals surface area (Å²) in [5, 5.41) is 7.48. The van der Waals surface area contributed by atoms with Gasteiger partial charge in [0.2, 0.25) is 0 Å². The first-order chi connectivity index (χ1) is 5.65. The fraction of sp³-hybridized carbons (Fsp3) is 0.143. The van der Waals surface area contributed by atoms with E-state index >= 15 is 0 Å². The van der Waals surface area contributed by atoms with Gasteiger partial charge in [-0.3, -0.25) is 0 Å². The predicted molar refractivity (Wildman–Crippen MR) is 62.1 cm³/mol. The van der Waals surface area contributed by atoms with E-state index in [-0.39, 0.29) is 0 Å². The predicted octanol–water partition coefficient (Wildman–Crippen LogP) is 2.99. The molecule has 0 radical (unpaired) electrons. The van der Waals surface area contributed by atoms with E-state index in [4.69, 9.17) is 5.41 Å². The van der Waals surface area contributed by atoms with Crippen LogP contribution in [0.25, 0.3) is 0 Å². The molecule has 0 spiro atoms. The van der Waals surface area contributed by atoms with Crippen LogP contribution in [0.15, 0.2) is 16.9 Å². The van der Waals surface area contributed by atoms with Gasteiger partial charge in [-0.2, -0.15) is 0 Å². The van der Waals surface area contributed by atoms with E-state index in [1.165, 1.54) is 0 Å². The molecule has 0 fully saturated rings. The van der Waals surface area contributed by atoms with Crippen molar-refractivity contribution < 1.29 is 0 Å². The third-order valence-corrected chi connectivity index (χ3v) is 2.39. The fourth-order valence-electron chi connectivity index (χ4n) is 0.815. The lowest BCUT2D eigenvalue weighted by Gasteiger charge is -2.05. The van der Waals surface area contributed by atoms with Gasteiger partial charge < -0.3 is 8.94 Å². The molecule has 0 saturated carbocycles. The molecule has 0 bridgehead atoms. The van der Waals surface area contributed by atoms with Gasteiger partial charge in [0, 0.05) is 11.3 Å². The van der Waals surface area contributed by atoms with E-state index in [1.54, 1.807) is 13.1 Å². The van der Waals surface area contributed by atoms with Gasteiger partial charge in [0.1, 0.15) is 4.60 Å². The molecular formula is C7H7BrIN3. The van der Waals surface area contributed by atoms with Crippen LogP contribution in [0.2, 0.25) is 0 Å². The van der Waals surface area contributed by atoms with Crippen LogP contribution in [0.3, 0.4) is 0 Å². The molecule has 0 amide bonds. The molecule has 1 rings (SSSR count). The average molecular weight is 340 g/mol. The lowest BCUT2D eigenvalue weighted by Crippen LogP contribution is -1.98. The Balaban J connectivity index is 3.21. The van der Waals surface area contributed by atoms with E-state index in [0.29, 0.717) is 5.71 Å². The highest BCUT2D eigenvalue weighted by Crippen LogP contribution is 2.19. The monoisotopic (exact) mass is 339 g/mol. The number of hydrogen-bond donors (Lipinski definition) is 2. The second-order valence-corrected chi connectivity index (χ2v) is 3.62. The molecule has 0 saturated heterocycles. The molecule has 2 N–H and O–H groups in total. The maximum Gasteiger partial charge on any atom is 0.106 e. The maximum atomic E-state index is 7.48. The van der Waals surface area contributed by atoms with Crippen molar-refractivity contribution in [2.24, 2.45) is 0 Å². The summed E-state index contributed by atoms with van der Waals surface area (Å²) in [7, 11) is 0. The summed E-state index contributed by atoms with van der Waals surface area (Å²) in [6, 6.07) is 1.82. The van der Waals surface area contributed by atoms with Crippen molar-refractivity contribution in [2.75, 3.05) is 3.53 Å². The molecule has 12 heavy (non-hydrogen) atoms. The normalized spacial score (nSPS) is 9.58. The van der Waals surface area contributed by atoms with Crippen molar-refractivity contribution in [3.8, 4) is 0 Å². The minimum atomic E-state index is 0.525. The first-order valence-electron chi connectivity index (χ1n) is 3.23. The van der Waals surface area contributed by atoms with Crippen LogP contribution in [-0.4, -0.2) is 10.7 Å². The number of anilines is 1. The smallest absolute Gasteiger partial charge is 0.106 e. The summed E-state index contributed by atoms with van der Waals surface area (Å²) in [4.78, 5) is 4.05. The average Bonchev–Trinajstić information content (AvgIpc) is 2.04. The number of halogens is 2. The first-order valence-corrected chi connectivity index (χ1v) is 5.10. The zero-order valence-electron chi connectivity index (χ0n) is 6.36. The van der Waals surface area contributed by atoms with Crippen molar-refractivity contribution >= 4 is 50.2 Å². The van der Waals surface area contributed by atoms with Gasteiger partial charge in [-0.05, 0) is 28.9 Å². The molecule has 0 aliphatic heterocycles. The second kappa shape index (κ2) is 4.18. The standard InChI is InChI=1S/C7H7BrIN3/c1-4(10)5-2-7(8)11-3-6(5)12-9/h2-3,10,12H,1H3. The number of hydrogen-bond acceptors (Lipinski definition) is 3. The van der Waals surface area contributed by atoms with E-state index in [1.807, 2.05) is 28.9 Å². The quantitative estimate of drug-likeness (QED) is 0.376. The molecule has 5 heteroatoms. The Kier molecular flexibility index (Phi) is 3.45. The maximum absolute atomic E-state index is 7.48. The topological polar surface area (TPSA) is 48.8 Å².